The Bertz CT molecular complexity index is 435. The average Bonchev–Trinajstić information content (AvgIpc) is 2.26. The minimum Gasteiger partial charge on any atom is -0.389 e. The van der Waals surface area contributed by atoms with Crippen LogP contribution in [0.2, 0.25) is 10.0 Å². The van der Waals surface area contributed by atoms with Gasteiger partial charge in [0.15, 0.2) is 0 Å². The highest BCUT2D eigenvalue weighted by Crippen LogP contribution is 2.30. The van der Waals surface area contributed by atoms with Crippen LogP contribution in [0.25, 0.3) is 0 Å². The average molecular weight is 292 g/mol. The molecule has 1 aliphatic rings. The molecule has 0 unspecified atom stereocenters. The van der Waals surface area contributed by atoms with Crippen LogP contribution in [-0.4, -0.2) is 40.9 Å². The molecule has 0 aromatic heterocycles. The first-order chi connectivity index (χ1) is 8.06. The molecule has 0 bridgehead atoms. The van der Waals surface area contributed by atoms with E-state index in [1.807, 2.05) is 0 Å². The number of nitrogens with zero attached hydrogens (tertiary/aromatic N) is 1. The molecule has 1 aromatic carbocycles. The van der Waals surface area contributed by atoms with Gasteiger partial charge in [-0.25, -0.2) is 0 Å². The number of aliphatic hydroxyl groups excluding tert-OH is 1. The molecule has 0 saturated carbocycles. The van der Waals surface area contributed by atoms with E-state index in [1.165, 1.54) is 11.8 Å². The lowest BCUT2D eigenvalue weighted by Crippen LogP contribution is -2.54. The molecule has 17 heavy (non-hydrogen) atoms. The number of carbonyl (C=O) groups is 1. The van der Waals surface area contributed by atoms with Gasteiger partial charge in [0.05, 0.1) is 16.9 Å². The Morgan fingerprint density at radius 2 is 2.18 bits per heavy atom. The Balaban J connectivity index is 1.89. The topological polar surface area (TPSA) is 40.5 Å². The summed E-state index contributed by atoms with van der Waals surface area (Å²) in [5.74, 6) is 0.323. The Hall–Kier alpha value is -0.420. The molecule has 1 N–H and O–H groups in total. The molecular weight excluding hydrogens is 281 g/mol. The summed E-state index contributed by atoms with van der Waals surface area (Å²) in [7, 11) is 0. The molecule has 1 amide bonds. The van der Waals surface area contributed by atoms with Crippen molar-refractivity contribution in [2.75, 3.05) is 18.8 Å². The summed E-state index contributed by atoms with van der Waals surface area (Å²) in [4.78, 5) is 14.1. The van der Waals surface area contributed by atoms with Crippen LogP contribution in [0, 0.1) is 0 Å². The predicted molar refractivity (Wildman–Crippen MR) is 69.8 cm³/mol. The van der Waals surface area contributed by atoms with Crippen molar-refractivity contribution in [2.24, 2.45) is 0 Å². The smallest absolute Gasteiger partial charge is 0.233 e. The first-order valence-corrected chi connectivity index (χ1v) is 6.84. The maximum atomic E-state index is 11.7. The van der Waals surface area contributed by atoms with Gasteiger partial charge in [-0.15, -0.1) is 11.8 Å². The number of hydrogen-bond acceptors (Lipinski definition) is 3. The Kier molecular flexibility index (Phi) is 4.20. The number of hydrogen-bond donors (Lipinski definition) is 1. The summed E-state index contributed by atoms with van der Waals surface area (Å²) in [5.41, 5.74) is 0. The number of benzene rings is 1. The summed E-state index contributed by atoms with van der Waals surface area (Å²) in [5, 5.41) is 10.3. The van der Waals surface area contributed by atoms with Crippen LogP contribution in [0.15, 0.2) is 23.1 Å². The Morgan fingerprint density at radius 3 is 2.82 bits per heavy atom. The SMILES string of the molecule is O=C(CSc1cc(Cl)ccc1Cl)N1CC(O)C1. The van der Waals surface area contributed by atoms with Gasteiger partial charge in [0.25, 0.3) is 0 Å². The van der Waals surface area contributed by atoms with E-state index in [-0.39, 0.29) is 12.0 Å². The molecular formula is C11H11Cl2NO2S. The molecule has 1 fully saturated rings. The predicted octanol–water partition coefficient (Wildman–Crippen LogP) is 2.29. The molecule has 0 aliphatic carbocycles. The van der Waals surface area contributed by atoms with E-state index in [2.05, 4.69) is 0 Å². The van der Waals surface area contributed by atoms with Crippen molar-refractivity contribution in [1.29, 1.82) is 0 Å². The van der Waals surface area contributed by atoms with Crippen molar-refractivity contribution < 1.29 is 9.90 Å². The van der Waals surface area contributed by atoms with Gasteiger partial charge in [-0.2, -0.15) is 0 Å². The monoisotopic (exact) mass is 291 g/mol. The first-order valence-electron chi connectivity index (χ1n) is 5.10. The number of aliphatic hydroxyl groups is 1. The van der Waals surface area contributed by atoms with Gasteiger partial charge in [-0.05, 0) is 18.2 Å². The molecule has 1 aromatic rings. The van der Waals surface area contributed by atoms with E-state index in [9.17, 15) is 4.79 Å². The standard InChI is InChI=1S/C11H11Cl2NO2S/c12-7-1-2-9(13)10(3-7)17-6-11(16)14-4-8(15)5-14/h1-3,8,15H,4-6H2. The van der Waals surface area contributed by atoms with Gasteiger partial charge in [-0.3, -0.25) is 4.79 Å². The highest BCUT2D eigenvalue weighted by atomic mass is 35.5. The zero-order chi connectivity index (χ0) is 12.4. The molecule has 0 radical (unpaired) electrons. The molecule has 1 heterocycles. The van der Waals surface area contributed by atoms with Gasteiger partial charge >= 0.3 is 0 Å². The Labute approximate surface area is 114 Å². The third-order valence-corrected chi connectivity index (χ3v) is 4.18. The molecule has 1 saturated heterocycles. The van der Waals surface area contributed by atoms with E-state index in [4.69, 9.17) is 28.3 Å². The van der Waals surface area contributed by atoms with Crippen LogP contribution < -0.4 is 0 Å². The summed E-state index contributed by atoms with van der Waals surface area (Å²) in [6.45, 7) is 0.866. The van der Waals surface area contributed by atoms with E-state index in [1.54, 1.807) is 23.1 Å². The largest absolute Gasteiger partial charge is 0.389 e. The van der Waals surface area contributed by atoms with Crippen molar-refractivity contribution in [3.05, 3.63) is 28.2 Å². The van der Waals surface area contributed by atoms with Crippen LogP contribution in [-0.2, 0) is 4.79 Å². The van der Waals surface area contributed by atoms with Crippen LogP contribution in [0.4, 0.5) is 0 Å². The normalized spacial score (nSPS) is 15.8. The van der Waals surface area contributed by atoms with E-state index >= 15 is 0 Å². The van der Waals surface area contributed by atoms with Crippen molar-refractivity contribution >= 4 is 40.9 Å². The molecule has 1 aliphatic heterocycles. The zero-order valence-electron chi connectivity index (χ0n) is 8.90. The second kappa shape index (κ2) is 5.48. The third kappa shape index (κ3) is 3.28. The number of rotatable bonds is 3. The molecule has 2 rings (SSSR count). The maximum absolute atomic E-state index is 11.7. The van der Waals surface area contributed by atoms with Crippen LogP contribution in [0.1, 0.15) is 0 Å². The van der Waals surface area contributed by atoms with Gasteiger partial charge in [-0.1, -0.05) is 23.2 Å². The molecule has 3 nitrogen and oxygen atoms in total. The number of carbonyl (C=O) groups excluding carboxylic acids is 1. The molecule has 6 heteroatoms. The number of likely N-dealkylation sites (tertiary alicyclic amines) is 1. The van der Waals surface area contributed by atoms with Crippen LogP contribution >= 0.6 is 35.0 Å². The van der Waals surface area contributed by atoms with E-state index < -0.39 is 0 Å². The Morgan fingerprint density at radius 1 is 1.47 bits per heavy atom. The number of amides is 1. The van der Waals surface area contributed by atoms with Crippen molar-refractivity contribution in [3.63, 3.8) is 0 Å². The fraction of sp³-hybridized carbons (Fsp3) is 0.364. The lowest BCUT2D eigenvalue weighted by atomic mass is 10.2. The zero-order valence-corrected chi connectivity index (χ0v) is 11.2. The summed E-state index contributed by atoms with van der Waals surface area (Å²) < 4.78 is 0. The van der Waals surface area contributed by atoms with Gasteiger partial charge in [0.2, 0.25) is 5.91 Å². The van der Waals surface area contributed by atoms with Gasteiger partial charge in [0, 0.05) is 23.0 Å². The molecule has 92 valence electrons. The fourth-order valence-electron chi connectivity index (χ4n) is 1.48. The van der Waals surface area contributed by atoms with Gasteiger partial charge < -0.3 is 10.0 Å². The molecule has 0 spiro atoms. The van der Waals surface area contributed by atoms with Crippen molar-refractivity contribution in [3.8, 4) is 0 Å². The summed E-state index contributed by atoms with van der Waals surface area (Å²) in [6, 6.07) is 5.17. The summed E-state index contributed by atoms with van der Waals surface area (Å²) in [6.07, 6.45) is -0.362. The third-order valence-electron chi connectivity index (χ3n) is 2.46. The van der Waals surface area contributed by atoms with Crippen molar-refractivity contribution in [2.45, 2.75) is 11.0 Å². The summed E-state index contributed by atoms with van der Waals surface area (Å²) >= 11 is 13.2. The highest BCUT2D eigenvalue weighted by Gasteiger charge is 2.28. The lowest BCUT2D eigenvalue weighted by molar-refractivity contribution is -0.138. The highest BCUT2D eigenvalue weighted by molar-refractivity contribution is 8.00. The number of thioether (sulfide) groups is 1. The van der Waals surface area contributed by atoms with E-state index in [0.29, 0.717) is 28.9 Å². The van der Waals surface area contributed by atoms with Crippen LogP contribution in [0.3, 0.4) is 0 Å². The quantitative estimate of drug-likeness (QED) is 0.869. The van der Waals surface area contributed by atoms with Crippen molar-refractivity contribution in [1.82, 2.24) is 4.90 Å². The second-order valence-electron chi connectivity index (χ2n) is 3.82. The number of halogens is 2. The fourth-order valence-corrected chi connectivity index (χ4v) is 2.87. The maximum Gasteiger partial charge on any atom is 0.233 e. The minimum atomic E-state index is -0.362. The first kappa shape index (κ1) is 13.0. The minimum absolute atomic E-state index is 0.0105. The number of β-amino-alcohol motifs (C(OH)–C–C–N with tert-alkyl or cyclic N) is 1. The van der Waals surface area contributed by atoms with Crippen LogP contribution in [0.5, 0.6) is 0 Å². The van der Waals surface area contributed by atoms with Gasteiger partial charge in [0.1, 0.15) is 0 Å². The molecule has 0 atom stereocenters. The second-order valence-corrected chi connectivity index (χ2v) is 5.68. The van der Waals surface area contributed by atoms with E-state index in [0.717, 1.165) is 4.90 Å². The lowest BCUT2D eigenvalue weighted by Gasteiger charge is -2.35.